The Morgan fingerprint density at radius 1 is 0.264 bits per heavy atom. The van der Waals surface area contributed by atoms with Gasteiger partial charge in [-0.25, -0.2) is 0 Å². The summed E-state index contributed by atoms with van der Waals surface area (Å²) in [6.07, 6.45) is 0. The largest absolute Gasteiger partial charge is 0.0619 e. The predicted molar refractivity (Wildman–Crippen MR) is 228 cm³/mol. The van der Waals surface area contributed by atoms with E-state index in [4.69, 9.17) is 0 Å². The third kappa shape index (κ3) is 4.30. The molecule has 0 N–H and O–H groups in total. The maximum absolute atomic E-state index is 2.48. The van der Waals surface area contributed by atoms with E-state index < -0.39 is 0 Å². The molecule has 0 aromatic heterocycles. The number of rotatable bonds is 3. The minimum absolute atomic E-state index is 0.0561. The summed E-state index contributed by atoms with van der Waals surface area (Å²) in [6, 6.07) is 67.9. The fraction of sp³-hybridized carbons (Fsp3) is 0.0566. The maximum Gasteiger partial charge on any atom is 0.0159 e. The molecule has 0 atom stereocenters. The average molecular weight is 673 g/mol. The summed E-state index contributed by atoms with van der Waals surface area (Å²) in [4.78, 5) is 0. The summed E-state index contributed by atoms with van der Waals surface area (Å²) in [5, 5.41) is 12.8. The second kappa shape index (κ2) is 11.2. The lowest BCUT2D eigenvalue weighted by atomic mass is 9.81. The van der Waals surface area contributed by atoms with Crippen LogP contribution in [0.4, 0.5) is 0 Å². The summed E-state index contributed by atoms with van der Waals surface area (Å²) >= 11 is 0. The molecule has 1 aliphatic rings. The van der Waals surface area contributed by atoms with Gasteiger partial charge in [0.25, 0.3) is 0 Å². The monoisotopic (exact) mass is 672 g/mol. The van der Waals surface area contributed by atoms with Crippen LogP contribution in [0.5, 0.6) is 0 Å². The Kier molecular flexibility index (Phi) is 6.40. The van der Waals surface area contributed by atoms with E-state index in [0.717, 1.165) is 0 Å². The van der Waals surface area contributed by atoms with Gasteiger partial charge in [-0.15, -0.1) is 0 Å². The smallest absolute Gasteiger partial charge is 0.0159 e. The summed E-state index contributed by atoms with van der Waals surface area (Å²) in [5.41, 5.74) is 13.2. The number of hydrogen-bond acceptors (Lipinski definition) is 0. The van der Waals surface area contributed by atoms with Gasteiger partial charge in [-0.3, -0.25) is 0 Å². The molecular formula is C53H36. The highest BCUT2D eigenvalue weighted by Crippen LogP contribution is 2.52. The molecule has 0 spiro atoms. The van der Waals surface area contributed by atoms with Crippen molar-refractivity contribution in [1.82, 2.24) is 0 Å². The molecule has 53 heavy (non-hydrogen) atoms. The lowest BCUT2D eigenvalue weighted by Gasteiger charge is -2.22. The van der Waals surface area contributed by atoms with E-state index in [1.807, 2.05) is 0 Å². The average Bonchev–Trinajstić information content (AvgIpc) is 3.43. The summed E-state index contributed by atoms with van der Waals surface area (Å²) in [6.45, 7) is 4.74. The van der Waals surface area contributed by atoms with E-state index in [2.05, 4.69) is 196 Å². The molecule has 0 aliphatic heterocycles. The lowest BCUT2D eigenvalue weighted by molar-refractivity contribution is 0.661. The van der Waals surface area contributed by atoms with Gasteiger partial charge in [-0.05, 0) is 122 Å². The van der Waals surface area contributed by atoms with Crippen LogP contribution in [0.3, 0.4) is 0 Å². The zero-order valence-electron chi connectivity index (χ0n) is 29.8. The topological polar surface area (TPSA) is 0 Å². The second-order valence-electron chi connectivity index (χ2n) is 15.2. The number of benzene rings is 10. The van der Waals surface area contributed by atoms with Crippen molar-refractivity contribution in [3.05, 3.63) is 193 Å². The third-order valence-electron chi connectivity index (χ3n) is 12.1. The van der Waals surface area contributed by atoms with E-state index in [1.54, 1.807) is 0 Å². The molecule has 0 saturated heterocycles. The van der Waals surface area contributed by atoms with Crippen molar-refractivity contribution in [3.63, 3.8) is 0 Å². The van der Waals surface area contributed by atoms with Gasteiger partial charge in [-0.2, -0.15) is 0 Å². The van der Waals surface area contributed by atoms with Crippen LogP contribution in [0.15, 0.2) is 182 Å². The van der Waals surface area contributed by atoms with Crippen LogP contribution in [-0.4, -0.2) is 0 Å². The molecule has 0 nitrogen and oxygen atoms in total. The molecule has 1 aliphatic carbocycles. The Morgan fingerprint density at radius 3 is 1.38 bits per heavy atom. The van der Waals surface area contributed by atoms with Crippen LogP contribution >= 0.6 is 0 Å². The molecule has 248 valence electrons. The molecule has 0 saturated carbocycles. The fourth-order valence-electron chi connectivity index (χ4n) is 9.61. The fourth-order valence-corrected chi connectivity index (χ4v) is 9.61. The summed E-state index contributed by atoms with van der Waals surface area (Å²) in [5.74, 6) is 0. The molecule has 0 bridgehead atoms. The first-order valence-corrected chi connectivity index (χ1v) is 18.7. The maximum atomic E-state index is 2.48. The standard InChI is InChI=1S/C53H36/c1-53(2)49-28-12-11-21-40(49)48-31-34-17-14-26-38(47(34)32-50(48)53)39-29-30-46(37-20-6-5-19-36(37)39)52-44-24-9-7-22-42(44)51(43-23-8-10-25-45(43)52)41-27-13-16-33-15-3-4-18-35(33)41/h3-32H,1-2H3. The van der Waals surface area contributed by atoms with Gasteiger partial charge in [0.1, 0.15) is 0 Å². The van der Waals surface area contributed by atoms with Crippen molar-refractivity contribution in [2.75, 3.05) is 0 Å². The van der Waals surface area contributed by atoms with E-state index in [1.165, 1.54) is 109 Å². The van der Waals surface area contributed by atoms with Crippen molar-refractivity contribution in [3.8, 4) is 44.5 Å². The molecule has 0 heterocycles. The molecule has 11 rings (SSSR count). The van der Waals surface area contributed by atoms with Crippen LogP contribution in [0.2, 0.25) is 0 Å². The van der Waals surface area contributed by atoms with Gasteiger partial charge in [0.2, 0.25) is 0 Å². The Balaban J connectivity index is 1.18. The number of fused-ring (bicyclic) bond motifs is 8. The summed E-state index contributed by atoms with van der Waals surface area (Å²) in [7, 11) is 0. The molecule has 0 fully saturated rings. The highest BCUT2D eigenvalue weighted by molar-refractivity contribution is 6.26. The zero-order chi connectivity index (χ0) is 35.3. The molecular weight excluding hydrogens is 637 g/mol. The van der Waals surface area contributed by atoms with Gasteiger partial charge < -0.3 is 0 Å². The second-order valence-corrected chi connectivity index (χ2v) is 15.2. The quantitative estimate of drug-likeness (QED) is 0.164. The van der Waals surface area contributed by atoms with Gasteiger partial charge in [0, 0.05) is 5.41 Å². The highest BCUT2D eigenvalue weighted by Gasteiger charge is 2.35. The van der Waals surface area contributed by atoms with Crippen LogP contribution in [0.25, 0.3) is 98.4 Å². The van der Waals surface area contributed by atoms with E-state index in [-0.39, 0.29) is 5.41 Å². The van der Waals surface area contributed by atoms with Crippen LogP contribution in [0.1, 0.15) is 25.0 Å². The Morgan fingerprint density at radius 2 is 0.698 bits per heavy atom. The van der Waals surface area contributed by atoms with E-state index in [0.29, 0.717) is 0 Å². The first-order chi connectivity index (χ1) is 26.1. The van der Waals surface area contributed by atoms with Crippen LogP contribution < -0.4 is 0 Å². The Labute approximate surface area is 309 Å². The minimum atomic E-state index is -0.0561. The van der Waals surface area contributed by atoms with Crippen molar-refractivity contribution in [2.24, 2.45) is 0 Å². The van der Waals surface area contributed by atoms with Crippen molar-refractivity contribution < 1.29 is 0 Å². The Hall–Kier alpha value is -6.50. The first-order valence-electron chi connectivity index (χ1n) is 18.7. The Bertz CT molecular complexity index is 3080. The summed E-state index contributed by atoms with van der Waals surface area (Å²) < 4.78 is 0. The van der Waals surface area contributed by atoms with E-state index in [9.17, 15) is 0 Å². The zero-order valence-corrected chi connectivity index (χ0v) is 29.8. The van der Waals surface area contributed by atoms with Gasteiger partial charge >= 0.3 is 0 Å². The first kappa shape index (κ1) is 30.2. The van der Waals surface area contributed by atoms with Crippen LogP contribution in [0, 0.1) is 0 Å². The lowest BCUT2D eigenvalue weighted by Crippen LogP contribution is -2.14. The van der Waals surface area contributed by atoms with E-state index >= 15 is 0 Å². The minimum Gasteiger partial charge on any atom is -0.0619 e. The van der Waals surface area contributed by atoms with Gasteiger partial charge in [0.05, 0.1) is 0 Å². The van der Waals surface area contributed by atoms with Gasteiger partial charge in [0.15, 0.2) is 0 Å². The molecule has 0 amide bonds. The molecule has 0 heteroatoms. The molecule has 10 aromatic rings. The van der Waals surface area contributed by atoms with Crippen molar-refractivity contribution in [1.29, 1.82) is 0 Å². The third-order valence-corrected chi connectivity index (χ3v) is 12.1. The molecule has 0 unspecified atom stereocenters. The van der Waals surface area contributed by atoms with Crippen LogP contribution in [-0.2, 0) is 5.41 Å². The predicted octanol–water partition coefficient (Wildman–Crippen LogP) is 14.8. The SMILES string of the molecule is CC1(C)c2ccccc2-c2cc3cccc(-c4ccc(-c5c6ccccc6c(-c6cccc7ccccc67)c6ccccc56)c5ccccc45)c3cc21. The molecule has 0 radical (unpaired) electrons. The normalized spacial score (nSPS) is 13.2. The van der Waals surface area contributed by atoms with Gasteiger partial charge in [-0.1, -0.05) is 184 Å². The number of hydrogen-bond donors (Lipinski definition) is 0. The highest BCUT2D eigenvalue weighted by atomic mass is 14.4. The van der Waals surface area contributed by atoms with Crippen molar-refractivity contribution in [2.45, 2.75) is 19.3 Å². The molecule has 10 aromatic carbocycles. The van der Waals surface area contributed by atoms with Crippen molar-refractivity contribution >= 4 is 53.9 Å².